The Bertz CT molecular complexity index is 1990. The van der Waals surface area contributed by atoms with Crippen LogP contribution in [0.5, 0.6) is 0 Å². The normalized spacial score (nSPS) is 12.7. The molecule has 0 aliphatic carbocycles. The second-order valence-electron chi connectivity index (χ2n) is 9.90. The van der Waals surface area contributed by atoms with Gasteiger partial charge in [-0.2, -0.15) is 0 Å². The predicted molar refractivity (Wildman–Crippen MR) is 175 cm³/mol. The number of nitrogens with zero attached hydrogens (tertiary/aromatic N) is 2. The van der Waals surface area contributed by atoms with Crippen LogP contribution in [0.2, 0.25) is 0 Å². The largest absolute Gasteiger partial charge is 0.313 e. The number of hydrogen-bond acceptors (Lipinski definition) is 0. The summed E-state index contributed by atoms with van der Waals surface area (Å²) in [6.07, 6.45) is 12.4. The van der Waals surface area contributed by atoms with Crippen LogP contribution in [0.15, 0.2) is 141 Å². The molecule has 0 saturated heterocycles. The standard InChI is InChI=1S/C38H32N2/c1-5-8-16-30(7-3)40-37-22-15-13-20-33(37)35-26-29(23-24-38(35)40)28(6-2)25-34-27(4)39(31-17-10-9-11-18-31)36-21-14-12-19-32(34)36/h5-26H,2-3H2,1,4H3/b8-5-,28-25+,30-16+. The van der Waals surface area contributed by atoms with Gasteiger partial charge in [0.1, 0.15) is 0 Å². The minimum absolute atomic E-state index is 1.04. The second kappa shape index (κ2) is 10.6. The Morgan fingerprint density at radius 3 is 2.10 bits per heavy atom. The van der Waals surface area contributed by atoms with Gasteiger partial charge in [0.05, 0.1) is 16.6 Å². The van der Waals surface area contributed by atoms with Crippen LogP contribution in [0.1, 0.15) is 23.7 Å². The van der Waals surface area contributed by atoms with E-state index in [1.165, 1.54) is 32.9 Å². The maximum absolute atomic E-state index is 4.22. The molecule has 2 aromatic heterocycles. The van der Waals surface area contributed by atoms with E-state index in [-0.39, 0.29) is 0 Å². The van der Waals surface area contributed by atoms with Crippen LogP contribution >= 0.6 is 0 Å². The molecular formula is C38H32N2. The zero-order valence-electron chi connectivity index (χ0n) is 23.0. The van der Waals surface area contributed by atoms with Crippen molar-refractivity contribution in [2.45, 2.75) is 13.8 Å². The van der Waals surface area contributed by atoms with Gasteiger partial charge in [-0.25, -0.2) is 0 Å². The van der Waals surface area contributed by atoms with Crippen molar-refractivity contribution < 1.29 is 0 Å². The predicted octanol–water partition coefficient (Wildman–Crippen LogP) is 10.4. The lowest BCUT2D eigenvalue weighted by Crippen LogP contribution is -1.96. The number of benzene rings is 4. The Kier molecular flexibility index (Phi) is 6.67. The average Bonchev–Trinajstić information content (AvgIpc) is 3.48. The Hall–Kier alpha value is -5.08. The van der Waals surface area contributed by atoms with Crippen LogP contribution in [0.3, 0.4) is 0 Å². The summed E-state index contributed by atoms with van der Waals surface area (Å²) in [7, 11) is 0. The molecule has 0 aliphatic rings. The van der Waals surface area contributed by atoms with Gasteiger partial charge in [0.15, 0.2) is 0 Å². The molecule has 0 spiro atoms. The fraction of sp³-hybridized carbons (Fsp3) is 0.0526. The third kappa shape index (κ3) is 4.15. The van der Waals surface area contributed by atoms with Gasteiger partial charge in [0.2, 0.25) is 0 Å². The fourth-order valence-corrected chi connectivity index (χ4v) is 5.76. The first-order chi connectivity index (χ1) is 19.7. The molecule has 2 nitrogen and oxygen atoms in total. The van der Waals surface area contributed by atoms with E-state index in [2.05, 4.69) is 145 Å². The SMILES string of the molecule is C=C/C(=C\c1c(C)n(-c2ccccc2)c2ccccc12)c1ccc2c(c1)c1ccccc1n2/C(C=C)=C/C=C\C. The first-order valence-electron chi connectivity index (χ1n) is 13.6. The smallest absolute Gasteiger partial charge is 0.0541 e. The monoisotopic (exact) mass is 516 g/mol. The summed E-state index contributed by atoms with van der Waals surface area (Å²) >= 11 is 0. The van der Waals surface area contributed by atoms with Crippen molar-refractivity contribution in [3.8, 4) is 5.69 Å². The lowest BCUT2D eigenvalue weighted by molar-refractivity contribution is 1.05. The highest BCUT2D eigenvalue weighted by atomic mass is 15.0. The molecule has 0 unspecified atom stereocenters. The average molecular weight is 517 g/mol. The van der Waals surface area contributed by atoms with E-state index in [9.17, 15) is 0 Å². The van der Waals surface area contributed by atoms with Crippen molar-refractivity contribution in [2.75, 3.05) is 0 Å². The van der Waals surface area contributed by atoms with E-state index in [1.807, 2.05) is 25.2 Å². The maximum Gasteiger partial charge on any atom is 0.0541 e. The van der Waals surface area contributed by atoms with E-state index in [0.717, 1.165) is 33.6 Å². The lowest BCUT2D eigenvalue weighted by Gasteiger charge is -2.10. The van der Waals surface area contributed by atoms with E-state index in [4.69, 9.17) is 0 Å². The molecule has 40 heavy (non-hydrogen) atoms. The number of aromatic nitrogens is 2. The highest BCUT2D eigenvalue weighted by molar-refractivity contribution is 6.12. The van der Waals surface area contributed by atoms with E-state index >= 15 is 0 Å². The molecule has 194 valence electrons. The van der Waals surface area contributed by atoms with Crippen LogP contribution in [0, 0.1) is 6.92 Å². The number of allylic oxidation sites excluding steroid dienone is 7. The van der Waals surface area contributed by atoms with E-state index < -0.39 is 0 Å². The first kappa shape index (κ1) is 25.2. The van der Waals surface area contributed by atoms with Gasteiger partial charge < -0.3 is 9.13 Å². The van der Waals surface area contributed by atoms with Crippen LogP contribution < -0.4 is 0 Å². The number of rotatable bonds is 7. The van der Waals surface area contributed by atoms with Gasteiger partial charge >= 0.3 is 0 Å². The molecule has 0 bridgehead atoms. The molecule has 6 rings (SSSR count). The Morgan fingerprint density at radius 2 is 1.38 bits per heavy atom. The third-order valence-electron chi connectivity index (χ3n) is 7.63. The summed E-state index contributed by atoms with van der Waals surface area (Å²) in [4.78, 5) is 0. The maximum atomic E-state index is 4.22. The van der Waals surface area contributed by atoms with Gasteiger partial charge in [-0.05, 0) is 79.6 Å². The van der Waals surface area contributed by atoms with Gasteiger partial charge in [0, 0.05) is 38.8 Å². The van der Waals surface area contributed by atoms with Gasteiger partial charge in [0.25, 0.3) is 0 Å². The van der Waals surface area contributed by atoms with Crippen molar-refractivity contribution in [3.05, 3.63) is 157 Å². The summed E-state index contributed by atoms with van der Waals surface area (Å²) in [5, 5.41) is 3.65. The zero-order valence-corrected chi connectivity index (χ0v) is 23.0. The van der Waals surface area contributed by atoms with Crippen molar-refractivity contribution >= 4 is 50.1 Å². The third-order valence-corrected chi connectivity index (χ3v) is 7.63. The quantitative estimate of drug-likeness (QED) is 0.187. The molecule has 0 N–H and O–H groups in total. The van der Waals surface area contributed by atoms with Crippen LogP contribution in [0.25, 0.3) is 55.7 Å². The molecule has 4 aromatic carbocycles. The molecule has 0 atom stereocenters. The zero-order chi connectivity index (χ0) is 27.6. The van der Waals surface area contributed by atoms with Crippen molar-refractivity contribution in [1.29, 1.82) is 0 Å². The summed E-state index contributed by atoms with van der Waals surface area (Å²) in [5.74, 6) is 0. The van der Waals surface area contributed by atoms with E-state index in [0.29, 0.717) is 0 Å². The summed E-state index contributed by atoms with van der Waals surface area (Å²) in [6, 6.07) is 34.5. The molecule has 0 aliphatic heterocycles. The van der Waals surface area contributed by atoms with Gasteiger partial charge in [-0.3, -0.25) is 0 Å². The number of fused-ring (bicyclic) bond motifs is 4. The molecule has 0 amide bonds. The Labute approximate surface area is 235 Å². The topological polar surface area (TPSA) is 9.86 Å². The first-order valence-corrected chi connectivity index (χ1v) is 13.6. The molecule has 2 heterocycles. The summed E-state index contributed by atoms with van der Waals surface area (Å²) in [6.45, 7) is 12.5. The molecule has 6 aromatic rings. The molecule has 0 fully saturated rings. The number of hydrogen-bond donors (Lipinski definition) is 0. The second-order valence-corrected chi connectivity index (χ2v) is 9.90. The van der Waals surface area contributed by atoms with Crippen LogP contribution in [0.4, 0.5) is 0 Å². The van der Waals surface area contributed by atoms with Crippen molar-refractivity contribution in [2.24, 2.45) is 0 Å². The molecular weight excluding hydrogens is 484 g/mol. The highest BCUT2D eigenvalue weighted by Gasteiger charge is 2.16. The summed E-state index contributed by atoms with van der Waals surface area (Å²) in [5.41, 5.74) is 10.4. The molecule has 2 heteroatoms. The van der Waals surface area contributed by atoms with Crippen LogP contribution in [-0.4, -0.2) is 9.13 Å². The van der Waals surface area contributed by atoms with Gasteiger partial charge in [-0.15, -0.1) is 0 Å². The Balaban J connectivity index is 1.56. The number of para-hydroxylation sites is 3. The van der Waals surface area contributed by atoms with Crippen LogP contribution in [-0.2, 0) is 0 Å². The minimum Gasteiger partial charge on any atom is -0.313 e. The van der Waals surface area contributed by atoms with E-state index in [1.54, 1.807) is 0 Å². The van der Waals surface area contributed by atoms with Crippen molar-refractivity contribution in [1.82, 2.24) is 9.13 Å². The van der Waals surface area contributed by atoms with Crippen molar-refractivity contribution in [3.63, 3.8) is 0 Å². The fourth-order valence-electron chi connectivity index (χ4n) is 5.76. The Morgan fingerprint density at radius 1 is 0.700 bits per heavy atom. The lowest BCUT2D eigenvalue weighted by atomic mass is 9.99. The van der Waals surface area contributed by atoms with Gasteiger partial charge in [-0.1, -0.05) is 92.0 Å². The minimum atomic E-state index is 1.04. The summed E-state index contributed by atoms with van der Waals surface area (Å²) < 4.78 is 4.63. The molecule has 0 radical (unpaired) electrons. The highest BCUT2D eigenvalue weighted by Crippen LogP contribution is 2.36. The molecule has 0 saturated carbocycles.